The van der Waals surface area contributed by atoms with Gasteiger partial charge in [0.25, 0.3) is 5.91 Å². The van der Waals surface area contributed by atoms with Gasteiger partial charge in [0.15, 0.2) is 12.1 Å². The van der Waals surface area contributed by atoms with E-state index in [-0.39, 0.29) is 18.1 Å². The zero-order chi connectivity index (χ0) is 14.8. The molecular weight excluding hydrogens is 270 g/mol. The largest absolute Gasteiger partial charge is 0.448 e. The second-order valence-corrected chi connectivity index (χ2v) is 5.97. The molecule has 3 rings (SSSR count). The number of oxazole rings is 1. The molecule has 2 aliphatic rings. The van der Waals surface area contributed by atoms with Crippen LogP contribution in [0.15, 0.2) is 10.8 Å². The normalized spacial score (nSPS) is 26.7. The number of hydrogen-bond donors (Lipinski definition) is 0. The zero-order valence-electron chi connectivity index (χ0n) is 12.7. The Morgan fingerprint density at radius 3 is 2.86 bits per heavy atom. The molecule has 0 aliphatic carbocycles. The molecular formula is C15H23N3O3. The molecule has 21 heavy (non-hydrogen) atoms. The van der Waals surface area contributed by atoms with Crippen LogP contribution in [-0.2, 0) is 4.74 Å². The minimum atomic E-state index is -0.0370. The standard InChI is InChI=1S/C15H23N3O3/c1-11-14(16-10-21-11)15(19)18-9-13(20-2)7-12(18)8-17-5-3-4-6-17/h10,12-13H,3-9H2,1-2H3/t12-,13-/m0/s1. The summed E-state index contributed by atoms with van der Waals surface area (Å²) in [4.78, 5) is 21.1. The van der Waals surface area contributed by atoms with E-state index in [1.165, 1.54) is 19.2 Å². The molecule has 116 valence electrons. The van der Waals surface area contributed by atoms with Crippen molar-refractivity contribution in [3.63, 3.8) is 0 Å². The summed E-state index contributed by atoms with van der Waals surface area (Å²) < 4.78 is 10.6. The van der Waals surface area contributed by atoms with Crippen molar-refractivity contribution >= 4 is 5.91 Å². The smallest absolute Gasteiger partial charge is 0.276 e. The molecule has 3 heterocycles. The Morgan fingerprint density at radius 2 is 2.24 bits per heavy atom. The summed E-state index contributed by atoms with van der Waals surface area (Å²) in [6, 6.07) is 0.205. The molecule has 2 atom stereocenters. The summed E-state index contributed by atoms with van der Waals surface area (Å²) >= 11 is 0. The van der Waals surface area contributed by atoms with Crippen molar-refractivity contribution in [2.24, 2.45) is 0 Å². The van der Waals surface area contributed by atoms with E-state index in [1.54, 1.807) is 14.0 Å². The van der Waals surface area contributed by atoms with Crippen molar-refractivity contribution in [1.82, 2.24) is 14.8 Å². The van der Waals surface area contributed by atoms with Gasteiger partial charge in [0.05, 0.1) is 6.10 Å². The van der Waals surface area contributed by atoms with Gasteiger partial charge in [-0.3, -0.25) is 4.79 Å². The van der Waals surface area contributed by atoms with Crippen LogP contribution in [0.5, 0.6) is 0 Å². The molecule has 2 fully saturated rings. The number of hydrogen-bond acceptors (Lipinski definition) is 5. The maximum Gasteiger partial charge on any atom is 0.276 e. The number of aryl methyl sites for hydroxylation is 1. The molecule has 0 unspecified atom stereocenters. The molecule has 1 aromatic rings. The number of aromatic nitrogens is 1. The van der Waals surface area contributed by atoms with E-state index in [2.05, 4.69) is 9.88 Å². The molecule has 1 amide bonds. The fraction of sp³-hybridized carbons (Fsp3) is 0.733. The van der Waals surface area contributed by atoms with Crippen LogP contribution < -0.4 is 0 Å². The third-order valence-corrected chi connectivity index (χ3v) is 4.59. The SMILES string of the molecule is CO[C@H]1C[C@@H](CN2CCCC2)N(C(=O)c2ncoc2C)C1. The van der Waals surface area contributed by atoms with E-state index in [0.29, 0.717) is 18.0 Å². The van der Waals surface area contributed by atoms with Gasteiger partial charge in [-0.05, 0) is 39.3 Å². The summed E-state index contributed by atoms with van der Waals surface area (Å²) in [5.74, 6) is 0.547. The predicted octanol–water partition coefficient (Wildman–Crippen LogP) is 1.31. The topological polar surface area (TPSA) is 58.8 Å². The lowest BCUT2D eigenvalue weighted by molar-refractivity contribution is 0.0663. The summed E-state index contributed by atoms with van der Waals surface area (Å²) in [5, 5.41) is 0. The number of methoxy groups -OCH3 is 1. The van der Waals surface area contributed by atoms with Crippen molar-refractivity contribution in [3.05, 3.63) is 17.8 Å². The van der Waals surface area contributed by atoms with Crippen LogP contribution in [0.25, 0.3) is 0 Å². The molecule has 0 saturated carbocycles. The van der Waals surface area contributed by atoms with Crippen LogP contribution in [-0.4, -0.2) is 66.1 Å². The Balaban J connectivity index is 1.73. The van der Waals surface area contributed by atoms with Gasteiger partial charge >= 0.3 is 0 Å². The zero-order valence-corrected chi connectivity index (χ0v) is 12.7. The number of nitrogens with zero attached hydrogens (tertiary/aromatic N) is 3. The highest BCUT2D eigenvalue weighted by atomic mass is 16.5. The second-order valence-electron chi connectivity index (χ2n) is 5.97. The van der Waals surface area contributed by atoms with Gasteiger partial charge in [-0.1, -0.05) is 0 Å². The second kappa shape index (κ2) is 6.15. The number of carbonyl (C=O) groups excluding carboxylic acids is 1. The number of ether oxygens (including phenoxy) is 1. The van der Waals surface area contributed by atoms with Crippen molar-refractivity contribution in [1.29, 1.82) is 0 Å². The van der Waals surface area contributed by atoms with Gasteiger partial charge in [0.1, 0.15) is 5.76 Å². The highest BCUT2D eigenvalue weighted by molar-refractivity contribution is 5.93. The molecule has 6 heteroatoms. The van der Waals surface area contributed by atoms with Gasteiger partial charge in [-0.15, -0.1) is 0 Å². The quantitative estimate of drug-likeness (QED) is 0.837. The van der Waals surface area contributed by atoms with Crippen molar-refractivity contribution in [2.45, 2.75) is 38.3 Å². The third-order valence-electron chi connectivity index (χ3n) is 4.59. The van der Waals surface area contributed by atoms with Crippen molar-refractivity contribution in [2.75, 3.05) is 33.3 Å². The summed E-state index contributed by atoms with van der Waals surface area (Å²) in [6.45, 7) is 5.63. The molecule has 2 aliphatic heterocycles. The van der Waals surface area contributed by atoms with Crippen LogP contribution in [0.3, 0.4) is 0 Å². The van der Waals surface area contributed by atoms with Gasteiger partial charge in [-0.2, -0.15) is 0 Å². The number of carbonyl (C=O) groups is 1. The lowest BCUT2D eigenvalue weighted by Gasteiger charge is -2.27. The monoisotopic (exact) mass is 293 g/mol. The Hall–Kier alpha value is -1.40. The highest BCUT2D eigenvalue weighted by Gasteiger charge is 2.38. The van der Waals surface area contributed by atoms with E-state index >= 15 is 0 Å². The van der Waals surface area contributed by atoms with Crippen LogP contribution in [0.4, 0.5) is 0 Å². The Bertz CT molecular complexity index is 496. The Labute approximate surface area is 125 Å². The Morgan fingerprint density at radius 1 is 1.48 bits per heavy atom. The minimum Gasteiger partial charge on any atom is -0.448 e. The fourth-order valence-corrected chi connectivity index (χ4v) is 3.38. The van der Waals surface area contributed by atoms with Crippen LogP contribution in [0.1, 0.15) is 35.5 Å². The molecule has 1 aromatic heterocycles. The van der Waals surface area contributed by atoms with Gasteiger partial charge in [0, 0.05) is 26.2 Å². The van der Waals surface area contributed by atoms with Crippen molar-refractivity contribution in [3.8, 4) is 0 Å². The van der Waals surface area contributed by atoms with Gasteiger partial charge in [0.2, 0.25) is 0 Å². The summed E-state index contributed by atoms with van der Waals surface area (Å²) in [6.07, 6.45) is 4.87. The van der Waals surface area contributed by atoms with E-state index in [0.717, 1.165) is 26.1 Å². The number of amides is 1. The van der Waals surface area contributed by atoms with E-state index in [9.17, 15) is 4.79 Å². The van der Waals surface area contributed by atoms with Gasteiger partial charge < -0.3 is 19.0 Å². The van der Waals surface area contributed by atoms with E-state index < -0.39 is 0 Å². The van der Waals surface area contributed by atoms with Crippen molar-refractivity contribution < 1.29 is 13.9 Å². The molecule has 0 aromatic carbocycles. The lowest BCUT2D eigenvalue weighted by Crippen LogP contribution is -2.43. The van der Waals surface area contributed by atoms with Crippen LogP contribution in [0, 0.1) is 6.92 Å². The maximum atomic E-state index is 12.7. The fourth-order valence-electron chi connectivity index (χ4n) is 3.38. The first-order valence-corrected chi connectivity index (χ1v) is 7.65. The molecule has 0 bridgehead atoms. The third kappa shape index (κ3) is 2.96. The van der Waals surface area contributed by atoms with Crippen LogP contribution >= 0.6 is 0 Å². The first-order chi connectivity index (χ1) is 10.2. The molecule has 0 N–H and O–H groups in total. The first-order valence-electron chi connectivity index (χ1n) is 7.65. The Kier molecular flexibility index (Phi) is 4.26. The molecule has 2 saturated heterocycles. The predicted molar refractivity (Wildman–Crippen MR) is 77.2 cm³/mol. The number of likely N-dealkylation sites (tertiary alicyclic amines) is 2. The van der Waals surface area contributed by atoms with Gasteiger partial charge in [-0.25, -0.2) is 4.98 Å². The molecule has 0 spiro atoms. The molecule has 6 nitrogen and oxygen atoms in total. The average Bonchev–Trinajstić information content (AvgIpc) is 3.19. The highest BCUT2D eigenvalue weighted by Crippen LogP contribution is 2.25. The lowest BCUT2D eigenvalue weighted by atomic mass is 10.2. The van der Waals surface area contributed by atoms with Crippen LogP contribution in [0.2, 0.25) is 0 Å². The van der Waals surface area contributed by atoms with E-state index in [4.69, 9.17) is 9.15 Å². The molecule has 0 radical (unpaired) electrons. The summed E-state index contributed by atoms with van der Waals surface area (Å²) in [7, 11) is 1.72. The number of rotatable bonds is 4. The summed E-state index contributed by atoms with van der Waals surface area (Å²) in [5.41, 5.74) is 0.429. The maximum absolute atomic E-state index is 12.7. The van der Waals surface area contributed by atoms with E-state index in [1.807, 2.05) is 4.90 Å². The first kappa shape index (κ1) is 14.5. The minimum absolute atomic E-state index is 0.0370. The average molecular weight is 293 g/mol.